The Morgan fingerprint density at radius 3 is 1.83 bits per heavy atom. The number of thiazole rings is 1. The van der Waals surface area contributed by atoms with Crippen molar-refractivity contribution in [3.8, 4) is 33.6 Å². The van der Waals surface area contributed by atoms with Gasteiger partial charge in [-0.15, -0.1) is 11.3 Å². The third kappa shape index (κ3) is 15.3. The highest BCUT2D eigenvalue weighted by Crippen LogP contribution is 2.30. The second-order valence-electron chi connectivity index (χ2n) is 13.1. The lowest BCUT2D eigenvalue weighted by molar-refractivity contribution is 0.0686. The van der Waals surface area contributed by atoms with E-state index in [0.717, 1.165) is 54.2 Å². The van der Waals surface area contributed by atoms with Crippen molar-refractivity contribution in [2.45, 2.75) is 41.5 Å². The Morgan fingerprint density at radius 1 is 0.859 bits per heavy atom. The first-order valence-electron chi connectivity index (χ1n) is 19.4. The van der Waals surface area contributed by atoms with Crippen LogP contribution >= 0.6 is 39.5 Å². The number of anilines is 2. The molecule has 0 fully saturated rings. The van der Waals surface area contributed by atoms with Gasteiger partial charge in [0.25, 0.3) is 0 Å². The van der Waals surface area contributed by atoms with Gasteiger partial charge in [-0.1, -0.05) is 59.8 Å². The SMILES string of the molecule is C.CCN(CC)c1ccc(C=O)c(O)c1.CCN(CC)c1ccc2cc(-c3nc(-c4ccc(C(=O)O)cc4)cs3)c(=N)oc2c1.N#CCC(N)=S.O=C(O)c1ccc(C(=O)CBr)cc1. The van der Waals surface area contributed by atoms with Crippen LogP contribution in [0.4, 0.5) is 11.4 Å². The van der Waals surface area contributed by atoms with Crippen molar-refractivity contribution in [2.75, 3.05) is 41.3 Å². The van der Waals surface area contributed by atoms with Crippen molar-refractivity contribution >= 4 is 90.8 Å². The molecule has 0 aliphatic heterocycles. The Balaban J connectivity index is 0.000000345. The number of nitriles is 1. The molecule has 17 heteroatoms. The number of carbonyl (C=O) groups is 4. The van der Waals surface area contributed by atoms with Gasteiger partial charge >= 0.3 is 11.9 Å². The quantitative estimate of drug-likeness (QED) is 0.0296. The van der Waals surface area contributed by atoms with Crippen molar-refractivity contribution < 1.29 is 38.9 Å². The topological polar surface area (TPSA) is 235 Å². The van der Waals surface area contributed by atoms with E-state index in [1.165, 1.54) is 35.6 Å². The van der Waals surface area contributed by atoms with Crippen LogP contribution in [0, 0.1) is 16.7 Å². The summed E-state index contributed by atoms with van der Waals surface area (Å²) in [5.74, 6) is -1.96. The average molecular weight is 972 g/mol. The summed E-state index contributed by atoms with van der Waals surface area (Å²) in [6.45, 7) is 11.9. The molecule has 0 aliphatic rings. The number of ketones is 1. The standard InChI is InChI=1S/C23H21N3O3S.C11H15NO2.C9H7BrO3.C3H4N2S.CH4/c1-3-26(4-2)17-10-9-16-11-18(21(24)29-20(16)12-17)22-25-19(13-30-22)14-5-7-15(8-6-14)23(27)28;1-3-12(4-2)10-6-5-9(8-13)11(14)7-10;10-5-8(11)6-1-3-7(4-2-6)9(12)13;4-2-1-3(5)6;/h5-13,24H,3-4H2,1-2H3,(H,27,28);5-8,14H,3-4H2,1-2H3;1-4H,5H2,(H,12,13);1H2,(H2,5,6);1H4. The van der Waals surface area contributed by atoms with E-state index in [2.05, 4.69) is 62.8 Å². The number of phenolic OH excluding ortho intramolecular Hbond substituents is 1. The smallest absolute Gasteiger partial charge is 0.335 e. The highest BCUT2D eigenvalue weighted by molar-refractivity contribution is 9.09. The fourth-order valence-corrected chi connectivity index (χ4v) is 6.98. The number of halogens is 1. The van der Waals surface area contributed by atoms with E-state index in [1.54, 1.807) is 42.5 Å². The zero-order chi connectivity index (χ0) is 46.6. The lowest BCUT2D eigenvalue weighted by Crippen LogP contribution is -2.21. The Hall–Kier alpha value is -6.74. The summed E-state index contributed by atoms with van der Waals surface area (Å²) in [4.78, 5) is 52.3. The molecular formula is C47H51BrN6O8S2. The molecule has 6 rings (SSSR count). The van der Waals surface area contributed by atoms with Crippen LogP contribution in [-0.4, -0.2) is 80.8 Å². The first-order valence-corrected chi connectivity index (χ1v) is 21.8. The largest absolute Gasteiger partial charge is 0.507 e. The summed E-state index contributed by atoms with van der Waals surface area (Å²) >= 11 is 8.81. The van der Waals surface area contributed by atoms with Crippen molar-refractivity contribution in [1.82, 2.24) is 4.98 Å². The molecule has 64 heavy (non-hydrogen) atoms. The number of thiocarbonyl (C=S) groups is 1. The molecule has 0 spiro atoms. The first kappa shape index (κ1) is 53.4. The Morgan fingerprint density at radius 2 is 1.38 bits per heavy atom. The monoisotopic (exact) mass is 970 g/mol. The molecule has 0 atom stereocenters. The Kier molecular flexibility index (Phi) is 22.3. The van der Waals surface area contributed by atoms with Gasteiger partial charge in [-0.2, -0.15) is 5.26 Å². The van der Waals surface area contributed by atoms with Crippen LogP contribution in [-0.2, 0) is 0 Å². The normalized spacial score (nSPS) is 9.88. The van der Waals surface area contributed by atoms with Crippen molar-refractivity contribution in [1.29, 1.82) is 10.7 Å². The number of nitrogens with one attached hydrogen (secondary N) is 1. The molecule has 0 saturated carbocycles. The van der Waals surface area contributed by atoms with Gasteiger partial charge in [-0.05, 0) is 82.3 Å². The zero-order valence-electron chi connectivity index (χ0n) is 35.0. The average Bonchev–Trinajstić information content (AvgIpc) is 3.78. The maximum Gasteiger partial charge on any atom is 0.335 e. The molecule has 4 aromatic carbocycles. The number of fused-ring (bicyclic) bond motifs is 1. The number of aromatic nitrogens is 1. The lowest BCUT2D eigenvalue weighted by atomic mass is 10.1. The number of Topliss-reactive ketones (excluding diaryl/α,β-unsaturated/α-hetero) is 1. The van der Waals surface area contributed by atoms with Crippen LogP contribution < -0.4 is 21.1 Å². The predicted octanol–water partition coefficient (Wildman–Crippen LogP) is 10.1. The lowest BCUT2D eigenvalue weighted by Gasteiger charge is -2.21. The molecule has 0 saturated heterocycles. The van der Waals surface area contributed by atoms with Crippen LogP contribution in [0.25, 0.3) is 32.8 Å². The molecule has 2 aromatic heterocycles. The van der Waals surface area contributed by atoms with E-state index in [4.69, 9.17) is 31.0 Å². The second-order valence-corrected chi connectivity index (χ2v) is 15.0. The van der Waals surface area contributed by atoms with Crippen LogP contribution in [0.15, 0.2) is 101 Å². The molecule has 0 unspecified atom stereocenters. The number of aromatic carboxylic acids is 2. The van der Waals surface area contributed by atoms with Crippen molar-refractivity contribution in [3.05, 3.63) is 124 Å². The third-order valence-corrected chi connectivity index (χ3v) is 10.7. The molecule has 6 N–H and O–H groups in total. The zero-order valence-corrected chi connectivity index (χ0v) is 38.2. The number of nitrogens with two attached hydrogens (primary N) is 1. The molecule has 14 nitrogen and oxygen atoms in total. The number of aldehydes is 1. The molecule has 0 radical (unpaired) electrons. The van der Waals surface area contributed by atoms with Gasteiger partial charge in [-0.3, -0.25) is 15.0 Å². The molecule has 2 heterocycles. The summed E-state index contributed by atoms with van der Waals surface area (Å²) in [7, 11) is 0. The molecule has 6 aromatic rings. The number of hydrogen-bond acceptors (Lipinski definition) is 13. The number of benzene rings is 4. The number of carboxylic acid groups (broad SMARTS) is 2. The van der Waals surface area contributed by atoms with Gasteiger partial charge in [0.1, 0.15) is 16.3 Å². The summed E-state index contributed by atoms with van der Waals surface area (Å²) in [6, 6.07) is 27.3. The van der Waals surface area contributed by atoms with E-state index >= 15 is 0 Å². The second kappa shape index (κ2) is 26.7. The van der Waals surface area contributed by atoms with E-state index in [1.807, 2.05) is 43.5 Å². The van der Waals surface area contributed by atoms with Crippen LogP contribution in [0.3, 0.4) is 0 Å². The fraction of sp³-hybridized carbons (Fsp3) is 0.234. The minimum Gasteiger partial charge on any atom is -0.507 e. The van der Waals surface area contributed by atoms with E-state index in [9.17, 15) is 24.3 Å². The van der Waals surface area contributed by atoms with Gasteiger partial charge < -0.3 is 35.3 Å². The number of phenols is 1. The molecule has 0 bridgehead atoms. The molecular weight excluding hydrogens is 921 g/mol. The minimum absolute atomic E-state index is 0. The number of aromatic hydroxyl groups is 1. The first-order chi connectivity index (χ1) is 30.1. The van der Waals surface area contributed by atoms with Gasteiger partial charge in [0.05, 0.1) is 50.8 Å². The van der Waals surface area contributed by atoms with Gasteiger partial charge in [-0.25, -0.2) is 14.6 Å². The maximum atomic E-state index is 11.1. The molecule has 0 aliphatic carbocycles. The third-order valence-electron chi connectivity index (χ3n) is 9.14. The van der Waals surface area contributed by atoms with Crippen molar-refractivity contribution in [3.63, 3.8) is 0 Å². The van der Waals surface area contributed by atoms with Crippen molar-refractivity contribution in [2.24, 2.45) is 5.73 Å². The number of rotatable bonds is 14. The highest BCUT2D eigenvalue weighted by Gasteiger charge is 2.14. The van der Waals surface area contributed by atoms with Gasteiger partial charge in [0.2, 0.25) is 5.55 Å². The van der Waals surface area contributed by atoms with E-state index < -0.39 is 11.9 Å². The molecule has 0 amide bonds. The maximum absolute atomic E-state index is 11.1. The minimum atomic E-state index is -0.988. The van der Waals surface area contributed by atoms with E-state index in [0.29, 0.717) is 33.6 Å². The van der Waals surface area contributed by atoms with Crippen LogP contribution in [0.5, 0.6) is 5.75 Å². The summed E-state index contributed by atoms with van der Waals surface area (Å²) in [6.07, 6.45) is 0.844. The number of carbonyl (C=O) groups excluding carboxylic acids is 2. The van der Waals surface area contributed by atoms with Crippen LogP contribution in [0.1, 0.15) is 83.0 Å². The number of carboxylic acids is 2. The van der Waals surface area contributed by atoms with Gasteiger partial charge in [0.15, 0.2) is 12.1 Å². The fourth-order valence-electron chi connectivity index (χ4n) is 5.75. The number of alkyl halides is 1. The number of nitrogens with zero attached hydrogens (tertiary/aromatic N) is 4. The Labute approximate surface area is 389 Å². The summed E-state index contributed by atoms with van der Waals surface area (Å²) in [5, 5.41) is 47.0. The molecule has 336 valence electrons. The number of hydrogen-bond donors (Lipinski definition) is 5. The van der Waals surface area contributed by atoms with Gasteiger partial charge in [0, 0.05) is 71.6 Å². The predicted molar refractivity (Wildman–Crippen MR) is 261 cm³/mol. The summed E-state index contributed by atoms with van der Waals surface area (Å²) in [5.41, 5.74) is 11.2. The Bertz CT molecular complexity index is 2620. The van der Waals surface area contributed by atoms with E-state index in [-0.39, 0.29) is 52.4 Å². The summed E-state index contributed by atoms with van der Waals surface area (Å²) < 4.78 is 5.83. The van der Waals surface area contributed by atoms with Crippen LogP contribution in [0.2, 0.25) is 0 Å². The highest BCUT2D eigenvalue weighted by atomic mass is 79.9.